The first-order valence-electron chi connectivity index (χ1n) is 4.67. The van der Waals surface area contributed by atoms with Crippen molar-refractivity contribution in [2.75, 3.05) is 20.1 Å². The molecule has 0 aromatic rings. The minimum atomic E-state index is 0.0570. The number of piperidine rings is 1. The van der Waals surface area contributed by atoms with Gasteiger partial charge in [-0.2, -0.15) is 0 Å². The van der Waals surface area contributed by atoms with Gasteiger partial charge in [-0.1, -0.05) is 0 Å². The number of rotatable bonds is 0. The van der Waals surface area contributed by atoms with Gasteiger partial charge in [0.1, 0.15) is 5.76 Å². The summed E-state index contributed by atoms with van der Waals surface area (Å²) in [5.41, 5.74) is 1.25. The second-order valence-electron chi connectivity index (χ2n) is 3.98. The highest BCUT2D eigenvalue weighted by atomic mass is 16.3. The second-order valence-corrected chi connectivity index (χ2v) is 3.98. The maximum absolute atomic E-state index is 9.35. The van der Waals surface area contributed by atoms with E-state index >= 15 is 0 Å². The van der Waals surface area contributed by atoms with Gasteiger partial charge in [0.05, 0.1) is 0 Å². The molecule has 1 saturated heterocycles. The maximum Gasteiger partial charge on any atom is 0.152 e. The molecule has 2 N–H and O–H groups in total. The van der Waals surface area contributed by atoms with E-state index in [1.54, 1.807) is 6.08 Å². The molecular weight excluding hydrogens is 166 g/mol. The predicted octanol–water partition coefficient (Wildman–Crippen LogP) is 1.60. The number of hydrogen-bond donors (Lipinski definition) is 2. The third kappa shape index (κ3) is 1.56. The van der Waals surface area contributed by atoms with Crippen molar-refractivity contribution in [3.05, 3.63) is 23.2 Å². The lowest BCUT2D eigenvalue weighted by Crippen LogP contribution is -2.33. The van der Waals surface area contributed by atoms with Crippen molar-refractivity contribution in [2.24, 2.45) is 5.92 Å². The molecule has 13 heavy (non-hydrogen) atoms. The molecule has 0 amide bonds. The minimum Gasteiger partial charge on any atom is -0.508 e. The first-order valence-corrected chi connectivity index (χ1v) is 4.67. The van der Waals surface area contributed by atoms with E-state index in [-0.39, 0.29) is 11.5 Å². The smallest absolute Gasteiger partial charge is 0.152 e. The zero-order valence-electron chi connectivity index (χ0n) is 7.82. The standard InChI is InChI=1S/C10H15NO2/c1-11-3-2-7-4-9(12)10(13)5-8(7)6-11/h5,7,12-13H,2-4,6H2,1H3/t7-/m1/s1. The third-order valence-electron chi connectivity index (χ3n) is 2.89. The third-order valence-corrected chi connectivity index (χ3v) is 2.89. The molecule has 1 fully saturated rings. The van der Waals surface area contributed by atoms with Crippen LogP contribution in [0.4, 0.5) is 0 Å². The number of likely N-dealkylation sites (N-methyl/N-ethyl adjacent to an activating group) is 1. The lowest BCUT2D eigenvalue weighted by atomic mass is 9.84. The number of likely N-dealkylation sites (tertiary alicyclic amines) is 1. The molecular formula is C10H15NO2. The molecule has 2 rings (SSSR count). The van der Waals surface area contributed by atoms with E-state index < -0.39 is 0 Å². The summed E-state index contributed by atoms with van der Waals surface area (Å²) < 4.78 is 0. The first kappa shape index (κ1) is 8.63. The van der Waals surface area contributed by atoms with Gasteiger partial charge in [-0.25, -0.2) is 0 Å². The van der Waals surface area contributed by atoms with Gasteiger partial charge in [-0.05, 0) is 37.6 Å². The van der Waals surface area contributed by atoms with Gasteiger partial charge in [0, 0.05) is 13.0 Å². The molecule has 72 valence electrons. The van der Waals surface area contributed by atoms with E-state index in [9.17, 15) is 10.2 Å². The topological polar surface area (TPSA) is 43.7 Å². The number of aliphatic hydroxyl groups excluding tert-OH is 2. The minimum absolute atomic E-state index is 0.0570. The zero-order chi connectivity index (χ0) is 9.42. The highest BCUT2D eigenvalue weighted by molar-refractivity contribution is 5.29. The Morgan fingerprint density at radius 3 is 3.00 bits per heavy atom. The van der Waals surface area contributed by atoms with Gasteiger partial charge in [0.2, 0.25) is 0 Å². The molecule has 3 heteroatoms. The predicted molar refractivity (Wildman–Crippen MR) is 50.6 cm³/mol. The van der Waals surface area contributed by atoms with Crippen molar-refractivity contribution < 1.29 is 10.2 Å². The fourth-order valence-corrected chi connectivity index (χ4v) is 2.07. The SMILES string of the molecule is CN1CC[C@@H]2CC(O)=C(O)C=C2C1. The van der Waals surface area contributed by atoms with E-state index in [0.29, 0.717) is 12.3 Å². The maximum atomic E-state index is 9.35. The molecule has 2 aliphatic rings. The Morgan fingerprint density at radius 1 is 1.46 bits per heavy atom. The van der Waals surface area contributed by atoms with E-state index in [2.05, 4.69) is 11.9 Å². The van der Waals surface area contributed by atoms with Crippen LogP contribution in [-0.4, -0.2) is 35.3 Å². The summed E-state index contributed by atoms with van der Waals surface area (Å²) in [4.78, 5) is 2.23. The monoisotopic (exact) mass is 181 g/mol. The number of hydrogen-bond acceptors (Lipinski definition) is 3. The number of fused-ring (bicyclic) bond motifs is 1. The molecule has 0 bridgehead atoms. The molecule has 3 nitrogen and oxygen atoms in total. The molecule has 0 unspecified atom stereocenters. The molecule has 0 aromatic heterocycles. The van der Waals surface area contributed by atoms with Crippen LogP contribution >= 0.6 is 0 Å². The highest BCUT2D eigenvalue weighted by Crippen LogP contribution is 2.32. The van der Waals surface area contributed by atoms with Gasteiger partial charge in [-0.15, -0.1) is 0 Å². The van der Waals surface area contributed by atoms with Crippen LogP contribution in [0.1, 0.15) is 12.8 Å². The summed E-state index contributed by atoms with van der Waals surface area (Å²) in [7, 11) is 2.08. The molecule has 0 saturated carbocycles. The summed E-state index contributed by atoms with van der Waals surface area (Å²) >= 11 is 0. The van der Waals surface area contributed by atoms with E-state index in [4.69, 9.17) is 0 Å². The molecule has 1 atom stereocenters. The Bertz CT molecular complexity index is 281. The normalized spacial score (nSPS) is 29.9. The van der Waals surface area contributed by atoms with Crippen LogP contribution in [0.15, 0.2) is 23.2 Å². The quantitative estimate of drug-likeness (QED) is 0.596. The van der Waals surface area contributed by atoms with Crippen molar-refractivity contribution in [2.45, 2.75) is 12.8 Å². The Labute approximate surface area is 78.0 Å². The van der Waals surface area contributed by atoms with E-state index in [1.807, 2.05) is 0 Å². The van der Waals surface area contributed by atoms with E-state index in [1.165, 1.54) is 5.57 Å². The average Bonchev–Trinajstić information content (AvgIpc) is 2.08. The summed E-state index contributed by atoms with van der Waals surface area (Å²) in [6, 6.07) is 0. The van der Waals surface area contributed by atoms with Gasteiger partial charge >= 0.3 is 0 Å². The second kappa shape index (κ2) is 3.07. The van der Waals surface area contributed by atoms with Crippen LogP contribution in [0.3, 0.4) is 0 Å². The van der Waals surface area contributed by atoms with Crippen LogP contribution in [-0.2, 0) is 0 Å². The molecule has 0 aromatic carbocycles. The summed E-state index contributed by atoms with van der Waals surface area (Å²) in [6.07, 6.45) is 3.42. The van der Waals surface area contributed by atoms with Crippen molar-refractivity contribution >= 4 is 0 Å². The van der Waals surface area contributed by atoms with Crippen molar-refractivity contribution in [1.82, 2.24) is 4.90 Å². The van der Waals surface area contributed by atoms with Crippen LogP contribution < -0.4 is 0 Å². The average molecular weight is 181 g/mol. The Morgan fingerprint density at radius 2 is 2.23 bits per heavy atom. The number of allylic oxidation sites excluding steroid dienone is 2. The summed E-state index contributed by atoms with van der Waals surface area (Å²) in [5, 5.41) is 18.7. The lowest BCUT2D eigenvalue weighted by molar-refractivity contribution is 0.238. The first-order chi connectivity index (χ1) is 6.16. The van der Waals surface area contributed by atoms with Gasteiger partial charge < -0.3 is 15.1 Å². The van der Waals surface area contributed by atoms with Crippen LogP contribution in [0.5, 0.6) is 0 Å². The van der Waals surface area contributed by atoms with Crippen molar-refractivity contribution in [1.29, 1.82) is 0 Å². The van der Waals surface area contributed by atoms with Crippen molar-refractivity contribution in [3.63, 3.8) is 0 Å². The van der Waals surface area contributed by atoms with E-state index in [0.717, 1.165) is 19.5 Å². The molecule has 1 aliphatic carbocycles. The van der Waals surface area contributed by atoms with Gasteiger partial charge in [0.15, 0.2) is 5.76 Å². The Balaban J connectivity index is 2.21. The number of nitrogens with zero attached hydrogens (tertiary/aromatic N) is 1. The van der Waals surface area contributed by atoms with Crippen molar-refractivity contribution in [3.8, 4) is 0 Å². The zero-order valence-corrected chi connectivity index (χ0v) is 7.82. The highest BCUT2D eigenvalue weighted by Gasteiger charge is 2.27. The van der Waals surface area contributed by atoms with Gasteiger partial charge in [-0.3, -0.25) is 0 Å². The molecule has 0 spiro atoms. The molecule has 0 radical (unpaired) electrons. The van der Waals surface area contributed by atoms with Crippen LogP contribution in [0.2, 0.25) is 0 Å². The fourth-order valence-electron chi connectivity index (χ4n) is 2.07. The molecule has 1 aliphatic heterocycles. The lowest BCUT2D eigenvalue weighted by Gasteiger charge is -2.33. The van der Waals surface area contributed by atoms with Crippen LogP contribution in [0, 0.1) is 5.92 Å². The Hall–Kier alpha value is -0.960. The Kier molecular flexibility index (Phi) is 2.04. The summed E-state index contributed by atoms with van der Waals surface area (Å²) in [5.74, 6) is 0.659. The van der Waals surface area contributed by atoms with Gasteiger partial charge in [0.25, 0.3) is 0 Å². The number of aliphatic hydroxyl groups is 2. The molecule has 1 heterocycles. The largest absolute Gasteiger partial charge is 0.508 e. The van der Waals surface area contributed by atoms with Crippen LogP contribution in [0.25, 0.3) is 0 Å². The fraction of sp³-hybridized carbons (Fsp3) is 0.600. The summed E-state index contributed by atoms with van der Waals surface area (Å²) in [6.45, 7) is 2.00.